The molecule has 1 aromatic heterocycles. The molecule has 2 N–H and O–H groups in total. The molecule has 9 heteroatoms. The van der Waals surface area contributed by atoms with Gasteiger partial charge in [-0.2, -0.15) is 0 Å². The van der Waals surface area contributed by atoms with Gasteiger partial charge in [0.25, 0.3) is 0 Å². The van der Waals surface area contributed by atoms with Gasteiger partial charge in [-0.3, -0.25) is 9.52 Å². The average molecular weight is 319 g/mol. The summed E-state index contributed by atoms with van der Waals surface area (Å²) < 4.78 is 24.4. The van der Waals surface area contributed by atoms with E-state index in [4.69, 9.17) is 5.11 Å². The Hall–Kier alpha value is -1.19. The Bertz CT molecular complexity index is 584. The lowest BCUT2D eigenvalue weighted by Crippen LogP contribution is -2.30. The molecular weight excluding hydrogens is 302 g/mol. The second kappa shape index (κ2) is 6.06. The number of rotatable bonds is 5. The fourth-order valence-electron chi connectivity index (χ4n) is 2.07. The topological polar surface area (TPSA) is 99.6 Å². The fraction of sp³-hybridized carbons (Fsp3) is 0.636. The molecule has 0 aromatic carbocycles. The zero-order chi connectivity index (χ0) is 14.8. The van der Waals surface area contributed by atoms with E-state index in [0.29, 0.717) is 18.8 Å². The largest absolute Gasteiger partial charge is 0.396 e. The van der Waals surface area contributed by atoms with Crippen LogP contribution in [0.3, 0.4) is 0 Å². The summed E-state index contributed by atoms with van der Waals surface area (Å²) in [5, 5.41) is 11.0. The summed E-state index contributed by atoms with van der Waals surface area (Å²) >= 11 is 1.15. The molecule has 1 aliphatic heterocycles. The minimum absolute atomic E-state index is 0.0443. The second-order valence-corrected chi connectivity index (χ2v) is 7.48. The predicted octanol–water partition coefficient (Wildman–Crippen LogP) is -0.102. The Morgan fingerprint density at radius 2 is 2.40 bits per heavy atom. The molecule has 2 rings (SSSR count). The molecule has 0 saturated carbocycles. The summed E-state index contributed by atoms with van der Waals surface area (Å²) in [6.07, 6.45) is 2.03. The normalized spacial score (nSPS) is 19.3. The Morgan fingerprint density at radius 3 is 3.00 bits per heavy atom. The number of amides is 1. The molecule has 0 radical (unpaired) electrons. The summed E-state index contributed by atoms with van der Waals surface area (Å²) in [6.45, 7) is 1.33. The van der Waals surface area contributed by atoms with Crippen molar-refractivity contribution in [3.05, 3.63) is 11.1 Å². The molecular formula is C11H17N3O4S2. The van der Waals surface area contributed by atoms with Crippen molar-refractivity contribution in [2.45, 2.75) is 12.8 Å². The van der Waals surface area contributed by atoms with Crippen LogP contribution in [0.25, 0.3) is 0 Å². The van der Waals surface area contributed by atoms with Crippen LogP contribution < -0.4 is 4.72 Å². The summed E-state index contributed by atoms with van der Waals surface area (Å²) in [5.74, 6) is 0.119. The quantitative estimate of drug-likeness (QED) is 0.789. The van der Waals surface area contributed by atoms with Crippen LogP contribution in [0.2, 0.25) is 0 Å². The lowest BCUT2D eigenvalue weighted by Gasteiger charge is -2.15. The number of aliphatic hydroxyl groups is 1. The summed E-state index contributed by atoms with van der Waals surface area (Å²) in [5.41, 5.74) is 0.554. The number of hydrogen-bond acceptors (Lipinski definition) is 6. The van der Waals surface area contributed by atoms with Crippen LogP contribution in [0.1, 0.15) is 12.1 Å². The third kappa shape index (κ3) is 4.15. The maximum absolute atomic E-state index is 12.0. The van der Waals surface area contributed by atoms with Gasteiger partial charge in [0.2, 0.25) is 15.9 Å². The first-order chi connectivity index (χ1) is 9.37. The SMILES string of the molecule is CS(=O)(=O)Nc1nc(CC(=O)N2CCC(CO)C2)cs1. The maximum Gasteiger partial charge on any atom is 0.231 e. The van der Waals surface area contributed by atoms with E-state index < -0.39 is 10.0 Å². The summed E-state index contributed by atoms with van der Waals surface area (Å²) in [6, 6.07) is 0. The monoisotopic (exact) mass is 319 g/mol. The smallest absolute Gasteiger partial charge is 0.231 e. The van der Waals surface area contributed by atoms with E-state index >= 15 is 0 Å². The van der Waals surface area contributed by atoms with E-state index in [1.165, 1.54) is 0 Å². The molecule has 1 amide bonds. The zero-order valence-electron chi connectivity index (χ0n) is 11.1. The van der Waals surface area contributed by atoms with Crippen molar-refractivity contribution >= 4 is 32.4 Å². The number of sulfonamides is 1. The summed E-state index contributed by atoms with van der Waals surface area (Å²) in [7, 11) is -3.34. The van der Waals surface area contributed by atoms with Crippen molar-refractivity contribution in [3.63, 3.8) is 0 Å². The van der Waals surface area contributed by atoms with Crippen molar-refractivity contribution < 1.29 is 18.3 Å². The molecule has 1 unspecified atom stereocenters. The molecule has 20 heavy (non-hydrogen) atoms. The van der Waals surface area contributed by atoms with Crippen LogP contribution >= 0.6 is 11.3 Å². The zero-order valence-corrected chi connectivity index (χ0v) is 12.7. The number of hydrogen-bond donors (Lipinski definition) is 2. The highest BCUT2D eigenvalue weighted by Gasteiger charge is 2.26. The number of carbonyl (C=O) groups excluding carboxylic acids is 1. The van der Waals surface area contributed by atoms with E-state index in [9.17, 15) is 13.2 Å². The molecule has 1 atom stereocenters. The minimum Gasteiger partial charge on any atom is -0.396 e. The van der Waals surface area contributed by atoms with Gasteiger partial charge < -0.3 is 10.0 Å². The third-order valence-electron chi connectivity index (χ3n) is 3.05. The van der Waals surface area contributed by atoms with E-state index in [1.54, 1.807) is 10.3 Å². The predicted molar refractivity (Wildman–Crippen MR) is 76.1 cm³/mol. The number of carbonyl (C=O) groups is 1. The van der Waals surface area contributed by atoms with Crippen LogP contribution in [0.15, 0.2) is 5.38 Å². The van der Waals surface area contributed by atoms with Gasteiger partial charge in [0.15, 0.2) is 5.13 Å². The highest BCUT2D eigenvalue weighted by atomic mass is 32.2. The van der Waals surface area contributed by atoms with Gasteiger partial charge >= 0.3 is 0 Å². The molecule has 7 nitrogen and oxygen atoms in total. The molecule has 112 valence electrons. The maximum atomic E-state index is 12.0. The Morgan fingerprint density at radius 1 is 1.65 bits per heavy atom. The number of anilines is 1. The van der Waals surface area contributed by atoms with Crippen LogP contribution in [0.5, 0.6) is 0 Å². The highest BCUT2D eigenvalue weighted by Crippen LogP contribution is 2.19. The Labute approximate surface area is 121 Å². The number of aliphatic hydroxyl groups excluding tert-OH is 1. The number of aromatic nitrogens is 1. The molecule has 1 aromatic rings. The molecule has 1 fully saturated rings. The van der Waals surface area contributed by atoms with Crippen molar-refractivity contribution in [3.8, 4) is 0 Å². The van der Waals surface area contributed by atoms with Crippen LogP contribution in [-0.4, -0.2) is 55.3 Å². The summed E-state index contributed by atoms with van der Waals surface area (Å²) in [4.78, 5) is 17.8. The molecule has 0 aliphatic carbocycles. The number of likely N-dealkylation sites (tertiary alicyclic amines) is 1. The van der Waals surface area contributed by atoms with Gasteiger partial charge in [0.1, 0.15) is 0 Å². The van der Waals surface area contributed by atoms with E-state index in [1.807, 2.05) is 0 Å². The van der Waals surface area contributed by atoms with Crippen LogP contribution in [0.4, 0.5) is 5.13 Å². The van der Waals surface area contributed by atoms with Crippen molar-refractivity contribution in [1.29, 1.82) is 0 Å². The van der Waals surface area contributed by atoms with E-state index in [-0.39, 0.29) is 30.0 Å². The first kappa shape index (κ1) is 15.2. The van der Waals surface area contributed by atoms with Gasteiger partial charge in [-0.25, -0.2) is 13.4 Å². The number of nitrogens with one attached hydrogen (secondary N) is 1. The van der Waals surface area contributed by atoms with Gasteiger partial charge in [0.05, 0.1) is 18.4 Å². The Kier molecular flexibility index (Phi) is 4.61. The highest BCUT2D eigenvalue weighted by molar-refractivity contribution is 7.92. The molecule has 0 bridgehead atoms. The number of thiazole rings is 1. The van der Waals surface area contributed by atoms with Crippen LogP contribution in [0, 0.1) is 5.92 Å². The van der Waals surface area contributed by atoms with Gasteiger partial charge in [-0.1, -0.05) is 0 Å². The average Bonchev–Trinajstić information content (AvgIpc) is 2.96. The van der Waals surface area contributed by atoms with Crippen molar-refractivity contribution in [2.24, 2.45) is 5.92 Å². The molecule has 1 aliphatic rings. The fourth-order valence-corrected chi connectivity index (χ4v) is 3.63. The van der Waals surface area contributed by atoms with Gasteiger partial charge in [0, 0.05) is 31.0 Å². The first-order valence-corrected chi connectivity index (χ1v) is 8.95. The van der Waals surface area contributed by atoms with E-state index in [2.05, 4.69) is 9.71 Å². The van der Waals surface area contributed by atoms with Crippen molar-refractivity contribution in [2.75, 3.05) is 30.7 Å². The molecule has 1 saturated heterocycles. The van der Waals surface area contributed by atoms with Crippen LogP contribution in [-0.2, 0) is 21.2 Å². The first-order valence-electron chi connectivity index (χ1n) is 6.18. The Balaban J connectivity index is 1.92. The van der Waals surface area contributed by atoms with Crippen molar-refractivity contribution in [1.82, 2.24) is 9.88 Å². The molecule has 0 spiro atoms. The second-order valence-electron chi connectivity index (χ2n) is 4.87. The lowest BCUT2D eigenvalue weighted by molar-refractivity contribution is -0.129. The van der Waals surface area contributed by atoms with Gasteiger partial charge in [-0.15, -0.1) is 11.3 Å². The standard InChI is InChI=1S/C11H17N3O4S2/c1-20(17,18)13-11-12-9(7-19-11)4-10(16)14-3-2-8(5-14)6-15/h7-8,15H,2-6H2,1H3,(H,12,13). The molecule has 2 heterocycles. The minimum atomic E-state index is -3.34. The third-order valence-corrected chi connectivity index (χ3v) is 4.55. The van der Waals surface area contributed by atoms with Gasteiger partial charge in [-0.05, 0) is 6.42 Å². The number of nitrogens with zero attached hydrogens (tertiary/aromatic N) is 2. The van der Waals surface area contributed by atoms with E-state index in [0.717, 1.165) is 24.0 Å². The lowest BCUT2D eigenvalue weighted by atomic mass is 10.1.